The number of hydrogen-bond donors (Lipinski definition) is 2. The lowest BCUT2D eigenvalue weighted by molar-refractivity contribution is -0.119. The number of amides is 1. The minimum absolute atomic E-state index is 0.00430. The monoisotopic (exact) mass is 199 g/mol. The topological polar surface area (TPSA) is 97.3 Å². The summed E-state index contributed by atoms with van der Waals surface area (Å²) in [7, 11) is 1.57. The Morgan fingerprint density at radius 2 is 2.36 bits per heavy atom. The highest BCUT2D eigenvalue weighted by Gasteiger charge is 2.14. The molecule has 1 aromatic heterocycles. The van der Waals surface area contributed by atoms with Crippen LogP contribution in [0, 0.1) is 0 Å². The molecule has 0 unspecified atom stereocenters. The third kappa shape index (κ3) is 2.35. The Morgan fingerprint density at radius 3 is 2.79 bits per heavy atom. The predicted octanol–water partition coefficient (Wildman–Crippen LogP) is -0.776. The lowest BCUT2D eigenvalue weighted by atomic mass is 10.5. The summed E-state index contributed by atoms with van der Waals surface area (Å²) in [5.74, 6) is -0.122. The fourth-order valence-corrected chi connectivity index (χ4v) is 0.921. The van der Waals surface area contributed by atoms with E-state index in [2.05, 4.69) is 15.5 Å². The quantitative estimate of drug-likeness (QED) is 0.660. The van der Waals surface area contributed by atoms with Crippen molar-refractivity contribution in [3.05, 3.63) is 0 Å². The molecule has 0 spiro atoms. The number of carbonyl (C=O) groups is 1. The summed E-state index contributed by atoms with van der Waals surface area (Å²) in [6, 6.07) is 0.254. The molecule has 0 aliphatic carbocycles. The van der Waals surface area contributed by atoms with Gasteiger partial charge in [-0.25, -0.2) is 0 Å². The number of aromatic nitrogens is 2. The molecule has 0 aliphatic heterocycles. The number of nitrogens with zero attached hydrogens (tertiary/aromatic N) is 3. The van der Waals surface area contributed by atoms with Crippen LogP contribution in [0.3, 0.4) is 0 Å². The van der Waals surface area contributed by atoms with Crippen LogP contribution < -0.4 is 16.0 Å². The molecule has 1 aromatic rings. The Morgan fingerprint density at radius 1 is 1.64 bits per heavy atom. The summed E-state index contributed by atoms with van der Waals surface area (Å²) in [5.41, 5.74) is 5.27. The van der Waals surface area contributed by atoms with E-state index >= 15 is 0 Å². The van der Waals surface area contributed by atoms with E-state index in [1.165, 1.54) is 0 Å². The smallest absolute Gasteiger partial charge is 0.319 e. The Labute approximate surface area is 81.3 Å². The fourth-order valence-electron chi connectivity index (χ4n) is 0.921. The number of likely N-dealkylation sites (N-methyl/N-ethyl adjacent to an activating group) is 2. The van der Waals surface area contributed by atoms with Gasteiger partial charge in [0.1, 0.15) is 6.54 Å². The summed E-state index contributed by atoms with van der Waals surface area (Å²) in [6.07, 6.45) is 0. The lowest BCUT2D eigenvalue weighted by Gasteiger charge is -2.15. The van der Waals surface area contributed by atoms with Gasteiger partial charge in [-0.05, 0) is 6.92 Å². The number of anilines is 2. The average molecular weight is 199 g/mol. The molecule has 1 heterocycles. The second kappa shape index (κ2) is 4.45. The zero-order valence-corrected chi connectivity index (χ0v) is 8.15. The zero-order valence-electron chi connectivity index (χ0n) is 8.15. The molecule has 7 heteroatoms. The first-order chi connectivity index (χ1) is 6.67. The maximum absolute atomic E-state index is 11.1. The first-order valence-corrected chi connectivity index (χ1v) is 4.21. The number of carbonyl (C=O) groups excluding carboxylic acids is 1. The molecule has 1 amide bonds. The molecule has 0 saturated heterocycles. The summed E-state index contributed by atoms with van der Waals surface area (Å²) in [5, 5.41) is 9.69. The zero-order chi connectivity index (χ0) is 10.6. The van der Waals surface area contributed by atoms with Crippen molar-refractivity contribution in [2.75, 3.05) is 30.8 Å². The Bertz CT molecular complexity index is 311. The van der Waals surface area contributed by atoms with E-state index in [1.807, 2.05) is 6.92 Å². The van der Waals surface area contributed by atoms with Crippen molar-refractivity contribution in [3.63, 3.8) is 0 Å². The van der Waals surface area contributed by atoms with Crippen LogP contribution >= 0.6 is 0 Å². The van der Waals surface area contributed by atoms with Crippen LogP contribution in [0.15, 0.2) is 4.42 Å². The molecule has 0 aliphatic rings. The Balaban J connectivity index is 2.67. The SMILES string of the molecule is CCN(CC(=O)NC)c1nnc(N)o1. The highest BCUT2D eigenvalue weighted by molar-refractivity contribution is 5.80. The standard InChI is InChI=1S/C7H13N5O2/c1-3-12(4-5(13)9-2)7-11-10-6(8)14-7/h3-4H2,1-2H3,(H2,8,10)(H,9,13). The second-order valence-electron chi connectivity index (χ2n) is 2.61. The summed E-state index contributed by atoms with van der Waals surface area (Å²) < 4.78 is 4.98. The molecule has 3 N–H and O–H groups in total. The lowest BCUT2D eigenvalue weighted by Crippen LogP contribution is -2.35. The van der Waals surface area contributed by atoms with Gasteiger partial charge in [-0.15, -0.1) is 0 Å². The van der Waals surface area contributed by atoms with Crippen LogP contribution in [0.5, 0.6) is 0 Å². The van der Waals surface area contributed by atoms with Gasteiger partial charge >= 0.3 is 12.0 Å². The van der Waals surface area contributed by atoms with E-state index in [0.29, 0.717) is 6.54 Å². The van der Waals surface area contributed by atoms with Crippen LogP contribution in [0.25, 0.3) is 0 Å². The first kappa shape index (κ1) is 10.3. The van der Waals surface area contributed by atoms with Crippen molar-refractivity contribution >= 4 is 17.9 Å². The molecule has 0 radical (unpaired) electrons. The van der Waals surface area contributed by atoms with E-state index in [9.17, 15) is 4.79 Å². The van der Waals surface area contributed by atoms with E-state index in [0.717, 1.165) is 0 Å². The predicted molar refractivity (Wildman–Crippen MR) is 50.7 cm³/mol. The van der Waals surface area contributed by atoms with Crippen LogP contribution in [0.4, 0.5) is 12.0 Å². The van der Waals surface area contributed by atoms with Crippen molar-refractivity contribution in [3.8, 4) is 0 Å². The molecule has 0 fully saturated rings. The molecule has 78 valence electrons. The van der Waals surface area contributed by atoms with Gasteiger partial charge in [0, 0.05) is 13.6 Å². The molecule has 0 bridgehead atoms. The Kier molecular flexibility index (Phi) is 3.27. The van der Waals surface area contributed by atoms with Crippen molar-refractivity contribution in [1.82, 2.24) is 15.5 Å². The van der Waals surface area contributed by atoms with Crippen LogP contribution in [0.1, 0.15) is 6.92 Å². The fraction of sp³-hybridized carbons (Fsp3) is 0.571. The average Bonchev–Trinajstić information content (AvgIpc) is 2.60. The maximum atomic E-state index is 11.1. The molecule has 7 nitrogen and oxygen atoms in total. The van der Waals surface area contributed by atoms with Gasteiger partial charge in [-0.2, -0.15) is 0 Å². The van der Waals surface area contributed by atoms with Gasteiger partial charge in [-0.3, -0.25) is 4.79 Å². The molecule has 1 rings (SSSR count). The van der Waals surface area contributed by atoms with E-state index in [-0.39, 0.29) is 24.5 Å². The van der Waals surface area contributed by atoms with E-state index in [1.54, 1.807) is 11.9 Å². The minimum atomic E-state index is -0.122. The number of rotatable bonds is 4. The van der Waals surface area contributed by atoms with E-state index in [4.69, 9.17) is 10.2 Å². The van der Waals surface area contributed by atoms with Crippen LogP contribution in [-0.2, 0) is 4.79 Å². The van der Waals surface area contributed by atoms with Gasteiger partial charge in [-0.1, -0.05) is 10.2 Å². The molecule has 0 saturated carbocycles. The highest BCUT2D eigenvalue weighted by atomic mass is 16.4. The third-order valence-corrected chi connectivity index (χ3v) is 1.70. The van der Waals surface area contributed by atoms with Crippen molar-refractivity contribution in [2.45, 2.75) is 6.92 Å². The third-order valence-electron chi connectivity index (χ3n) is 1.70. The van der Waals surface area contributed by atoms with Gasteiger partial charge in [0.2, 0.25) is 5.91 Å². The summed E-state index contributed by atoms with van der Waals surface area (Å²) >= 11 is 0. The Hall–Kier alpha value is -1.79. The second-order valence-corrected chi connectivity index (χ2v) is 2.61. The number of hydrogen-bond acceptors (Lipinski definition) is 6. The van der Waals surface area contributed by atoms with Gasteiger partial charge in [0.15, 0.2) is 0 Å². The van der Waals surface area contributed by atoms with Crippen LogP contribution in [-0.4, -0.2) is 36.2 Å². The van der Waals surface area contributed by atoms with Crippen LogP contribution in [0.2, 0.25) is 0 Å². The summed E-state index contributed by atoms with van der Waals surface area (Å²) in [4.78, 5) is 12.7. The van der Waals surface area contributed by atoms with Crippen molar-refractivity contribution in [1.29, 1.82) is 0 Å². The normalized spacial score (nSPS) is 9.86. The first-order valence-electron chi connectivity index (χ1n) is 4.21. The number of nitrogens with one attached hydrogen (secondary N) is 1. The largest absolute Gasteiger partial charge is 0.390 e. The molecule has 0 atom stereocenters. The molecule has 14 heavy (non-hydrogen) atoms. The molecular weight excluding hydrogens is 186 g/mol. The van der Waals surface area contributed by atoms with Crippen molar-refractivity contribution in [2.24, 2.45) is 0 Å². The summed E-state index contributed by atoms with van der Waals surface area (Å²) in [6.45, 7) is 2.65. The molecule has 0 aromatic carbocycles. The number of nitrogens with two attached hydrogens (primary N) is 1. The number of nitrogen functional groups attached to an aromatic ring is 1. The maximum Gasteiger partial charge on any atom is 0.319 e. The van der Waals surface area contributed by atoms with Gasteiger partial charge < -0.3 is 20.4 Å². The van der Waals surface area contributed by atoms with E-state index < -0.39 is 0 Å². The van der Waals surface area contributed by atoms with Crippen molar-refractivity contribution < 1.29 is 9.21 Å². The molecular formula is C7H13N5O2. The van der Waals surface area contributed by atoms with Gasteiger partial charge in [0.25, 0.3) is 0 Å². The highest BCUT2D eigenvalue weighted by Crippen LogP contribution is 2.11. The van der Waals surface area contributed by atoms with Gasteiger partial charge in [0.05, 0.1) is 0 Å². The minimum Gasteiger partial charge on any atom is -0.390 e.